The predicted molar refractivity (Wildman–Crippen MR) is 96.6 cm³/mol. The average molecular weight is 359 g/mol. The molecule has 3 aromatic rings. The van der Waals surface area contributed by atoms with Gasteiger partial charge < -0.3 is 10.3 Å². The van der Waals surface area contributed by atoms with Gasteiger partial charge >= 0.3 is 6.18 Å². The summed E-state index contributed by atoms with van der Waals surface area (Å²) >= 11 is 0. The Morgan fingerprint density at radius 2 is 1.62 bits per heavy atom. The molecule has 0 aromatic heterocycles. The van der Waals surface area contributed by atoms with E-state index in [1.54, 1.807) is 6.07 Å². The molecule has 0 saturated carbocycles. The molecule has 1 unspecified atom stereocenters. The number of quaternary nitrogens is 1. The maximum atomic E-state index is 12.7. The summed E-state index contributed by atoms with van der Waals surface area (Å²) in [5.41, 5.74) is 0.960. The fraction of sp³-hybridized carbons (Fsp3) is 0.238. The fourth-order valence-electron chi connectivity index (χ4n) is 3.14. The van der Waals surface area contributed by atoms with Crippen LogP contribution in [0.15, 0.2) is 66.7 Å². The second-order valence-electron chi connectivity index (χ2n) is 6.41. The average Bonchev–Trinajstić information content (AvgIpc) is 2.62. The lowest BCUT2D eigenvalue weighted by Gasteiger charge is -2.23. The molecule has 0 heterocycles. The summed E-state index contributed by atoms with van der Waals surface area (Å²) < 4.78 is 38.2. The molecule has 0 radical (unpaired) electrons. The van der Waals surface area contributed by atoms with E-state index in [2.05, 4.69) is 0 Å². The number of alkyl halides is 3. The van der Waals surface area contributed by atoms with Crippen molar-refractivity contribution in [3.8, 4) is 0 Å². The van der Waals surface area contributed by atoms with Crippen molar-refractivity contribution in [1.29, 1.82) is 0 Å². The van der Waals surface area contributed by atoms with Crippen molar-refractivity contribution in [2.45, 2.75) is 25.6 Å². The van der Waals surface area contributed by atoms with E-state index in [9.17, 15) is 18.4 Å². The minimum absolute atomic E-state index is 0.105. The Bertz CT molecular complexity index is 871. The summed E-state index contributed by atoms with van der Waals surface area (Å²) in [5.74, 6) is 0. The molecule has 0 amide bonds. The highest BCUT2D eigenvalue weighted by atomic mass is 19.4. The number of halogens is 3. The molecule has 0 spiro atoms. The standard InChI is InChI=1S/C21H20F3NO/c22-21(23,24)19-11-3-6-16(14-19)7-5-13-25(26)15-18-10-4-9-17-8-1-2-12-20(17)18/h1-4,6,8-12,14,25H,5,7,13,15H2. The topological polar surface area (TPSA) is 27.5 Å². The van der Waals surface area contributed by atoms with Gasteiger partial charge in [0.2, 0.25) is 0 Å². The molecule has 3 rings (SSSR count). The van der Waals surface area contributed by atoms with Crippen LogP contribution in [0.5, 0.6) is 0 Å². The van der Waals surface area contributed by atoms with Crippen molar-refractivity contribution in [3.05, 3.63) is 88.6 Å². The van der Waals surface area contributed by atoms with Gasteiger partial charge in [-0.2, -0.15) is 13.2 Å². The lowest BCUT2D eigenvalue weighted by Crippen LogP contribution is -3.05. The second-order valence-corrected chi connectivity index (χ2v) is 6.41. The van der Waals surface area contributed by atoms with Gasteiger partial charge in [0.1, 0.15) is 6.54 Å². The lowest BCUT2D eigenvalue weighted by atomic mass is 10.0. The molecule has 0 aliphatic rings. The zero-order chi connectivity index (χ0) is 18.6. The zero-order valence-electron chi connectivity index (χ0n) is 14.2. The van der Waals surface area contributed by atoms with Crippen LogP contribution < -0.4 is 5.06 Å². The van der Waals surface area contributed by atoms with Crippen LogP contribution in [0, 0.1) is 5.21 Å². The summed E-state index contributed by atoms with van der Waals surface area (Å²) in [6.07, 6.45) is -3.32. The number of hydroxylamine groups is 2. The van der Waals surface area contributed by atoms with Crippen molar-refractivity contribution >= 4 is 10.8 Å². The van der Waals surface area contributed by atoms with Crippen LogP contribution in [0.4, 0.5) is 13.2 Å². The van der Waals surface area contributed by atoms with E-state index in [4.69, 9.17) is 0 Å². The summed E-state index contributed by atoms with van der Waals surface area (Å²) in [6, 6.07) is 19.1. The van der Waals surface area contributed by atoms with Crippen molar-refractivity contribution in [2.24, 2.45) is 0 Å². The van der Waals surface area contributed by atoms with Crippen molar-refractivity contribution in [2.75, 3.05) is 6.54 Å². The molecule has 5 heteroatoms. The molecule has 0 fully saturated rings. The van der Waals surface area contributed by atoms with Crippen LogP contribution >= 0.6 is 0 Å². The Labute approximate surface area is 150 Å². The first kappa shape index (κ1) is 18.4. The molecule has 0 saturated heterocycles. The van der Waals surface area contributed by atoms with Crippen molar-refractivity contribution in [1.82, 2.24) is 0 Å². The maximum Gasteiger partial charge on any atom is 0.416 e. The first-order valence-corrected chi connectivity index (χ1v) is 8.58. The number of hydrogen-bond donors (Lipinski definition) is 1. The number of aryl methyl sites for hydroxylation is 1. The highest BCUT2D eigenvalue weighted by molar-refractivity contribution is 5.85. The Hall–Kier alpha value is -2.37. The van der Waals surface area contributed by atoms with Crippen LogP contribution in [0.2, 0.25) is 0 Å². The largest absolute Gasteiger partial charge is 0.634 e. The lowest BCUT2D eigenvalue weighted by molar-refractivity contribution is -0.862. The van der Waals surface area contributed by atoms with Crippen molar-refractivity contribution < 1.29 is 18.2 Å². The first-order chi connectivity index (χ1) is 12.4. The van der Waals surface area contributed by atoms with Gasteiger partial charge in [0.25, 0.3) is 0 Å². The third-order valence-corrected chi connectivity index (χ3v) is 4.44. The van der Waals surface area contributed by atoms with Crippen LogP contribution in [0.3, 0.4) is 0 Å². The van der Waals surface area contributed by atoms with E-state index < -0.39 is 11.7 Å². The molecule has 0 aliphatic carbocycles. The van der Waals surface area contributed by atoms with Gasteiger partial charge in [0.15, 0.2) is 0 Å². The molecular weight excluding hydrogens is 339 g/mol. The van der Waals surface area contributed by atoms with Crippen LogP contribution in [0.1, 0.15) is 23.1 Å². The van der Waals surface area contributed by atoms with E-state index in [-0.39, 0.29) is 5.06 Å². The molecular formula is C21H20F3NO. The minimum atomic E-state index is -4.33. The number of hydrogen-bond acceptors (Lipinski definition) is 1. The van der Waals surface area contributed by atoms with E-state index in [1.807, 2.05) is 42.5 Å². The first-order valence-electron chi connectivity index (χ1n) is 8.58. The maximum absolute atomic E-state index is 12.7. The Morgan fingerprint density at radius 3 is 2.42 bits per heavy atom. The SMILES string of the molecule is [O-][NH+](CCCc1cccc(C(F)(F)F)c1)Cc1cccc2ccccc12. The summed E-state index contributed by atoms with van der Waals surface area (Å²) in [5, 5.41) is 14.6. The minimum Gasteiger partial charge on any atom is -0.634 e. The smallest absolute Gasteiger partial charge is 0.416 e. The monoisotopic (exact) mass is 359 g/mol. The summed E-state index contributed by atoms with van der Waals surface area (Å²) in [7, 11) is 0. The van der Waals surface area contributed by atoms with Gasteiger partial charge in [0.05, 0.1) is 12.1 Å². The molecule has 0 bridgehead atoms. The highest BCUT2D eigenvalue weighted by Gasteiger charge is 2.30. The Balaban J connectivity index is 1.57. The molecule has 136 valence electrons. The van der Waals surface area contributed by atoms with E-state index in [0.29, 0.717) is 31.5 Å². The number of benzene rings is 3. The third-order valence-electron chi connectivity index (χ3n) is 4.44. The molecule has 1 N–H and O–H groups in total. The van der Waals surface area contributed by atoms with E-state index in [0.717, 1.165) is 28.5 Å². The Kier molecular flexibility index (Phi) is 5.59. The van der Waals surface area contributed by atoms with Gasteiger partial charge in [-0.25, -0.2) is 0 Å². The van der Waals surface area contributed by atoms with Gasteiger partial charge in [-0.05, 0) is 28.8 Å². The quantitative estimate of drug-likeness (QED) is 0.650. The molecule has 3 aromatic carbocycles. The Morgan fingerprint density at radius 1 is 0.885 bits per heavy atom. The zero-order valence-corrected chi connectivity index (χ0v) is 14.2. The summed E-state index contributed by atoms with van der Waals surface area (Å²) in [6.45, 7) is 0.712. The van der Waals surface area contributed by atoms with Gasteiger partial charge in [-0.3, -0.25) is 0 Å². The van der Waals surface area contributed by atoms with Crippen LogP contribution in [0.25, 0.3) is 10.8 Å². The number of fused-ring (bicyclic) bond motifs is 1. The molecule has 0 aliphatic heterocycles. The van der Waals surface area contributed by atoms with Crippen LogP contribution in [-0.2, 0) is 19.1 Å². The normalized spacial score (nSPS) is 13.1. The number of nitrogens with one attached hydrogen (secondary N) is 1. The van der Waals surface area contributed by atoms with Crippen molar-refractivity contribution in [3.63, 3.8) is 0 Å². The molecule has 1 atom stereocenters. The fourth-order valence-corrected chi connectivity index (χ4v) is 3.14. The van der Waals surface area contributed by atoms with Gasteiger partial charge in [-0.1, -0.05) is 60.7 Å². The van der Waals surface area contributed by atoms with Gasteiger partial charge in [-0.15, -0.1) is 0 Å². The van der Waals surface area contributed by atoms with Crippen LogP contribution in [-0.4, -0.2) is 6.54 Å². The molecule has 2 nitrogen and oxygen atoms in total. The third kappa shape index (κ3) is 4.62. The summed E-state index contributed by atoms with van der Waals surface area (Å²) in [4.78, 5) is 0. The van der Waals surface area contributed by atoms with E-state index >= 15 is 0 Å². The number of rotatable bonds is 6. The highest BCUT2D eigenvalue weighted by Crippen LogP contribution is 2.29. The second kappa shape index (κ2) is 7.89. The molecule has 26 heavy (non-hydrogen) atoms. The van der Waals surface area contributed by atoms with E-state index in [1.165, 1.54) is 6.07 Å². The van der Waals surface area contributed by atoms with Gasteiger partial charge in [0, 0.05) is 12.0 Å². The predicted octanol–water partition coefficient (Wildman–Crippen LogP) is 4.37.